The first kappa shape index (κ1) is 91.8. The van der Waals surface area contributed by atoms with Gasteiger partial charge in [-0.2, -0.15) is 0 Å². The van der Waals surface area contributed by atoms with E-state index in [2.05, 4.69) is 78.1 Å². The first-order valence-corrected chi connectivity index (χ1v) is 33.5. The molecule has 0 rings (SSSR count). The lowest BCUT2D eigenvalue weighted by molar-refractivity contribution is -0.143. The van der Waals surface area contributed by atoms with Gasteiger partial charge in [-0.3, -0.25) is 77.7 Å². The van der Waals surface area contributed by atoms with Crippen LogP contribution in [0.15, 0.2) is 25.0 Å². The van der Waals surface area contributed by atoms with Gasteiger partial charge in [0.2, 0.25) is 59.1 Å². The first-order chi connectivity index (χ1) is 47.9. The number of hydrogen-bond donors (Lipinski definition) is 26. The number of aliphatic hydroxyl groups excluding tert-OH is 1. The van der Waals surface area contributed by atoms with Gasteiger partial charge in [0.05, 0.1) is 6.10 Å². The second-order valence-corrected chi connectivity index (χ2v) is 24.3. The second-order valence-electron chi connectivity index (χ2n) is 24.3. The van der Waals surface area contributed by atoms with Gasteiger partial charge in [0.25, 0.3) is 0 Å². The fourth-order valence-corrected chi connectivity index (χ4v) is 9.49. The van der Waals surface area contributed by atoms with E-state index in [-0.39, 0.29) is 166 Å². The molecule has 0 spiro atoms. The molecule has 0 saturated heterocycles. The van der Waals surface area contributed by atoms with Gasteiger partial charge in [-0.1, -0.05) is 13.8 Å². The zero-order valence-corrected chi connectivity index (χ0v) is 58.7. The summed E-state index contributed by atoms with van der Waals surface area (Å²) >= 11 is 0. The summed E-state index contributed by atoms with van der Waals surface area (Å²) in [6, 6.07) is -16.4. The number of carbonyl (C=O) groups excluding carboxylic acids is 10. The Labute approximate surface area is 592 Å². The van der Waals surface area contributed by atoms with Crippen molar-refractivity contribution in [3.05, 3.63) is 0 Å². The summed E-state index contributed by atoms with van der Waals surface area (Å²) in [5, 5.41) is 54.8. The predicted octanol–water partition coefficient (Wildman–Crippen LogP) is -10.3. The molecule has 102 heavy (non-hydrogen) atoms. The van der Waals surface area contributed by atoms with Gasteiger partial charge in [0.15, 0.2) is 29.8 Å². The SMILES string of the molecule is CC(C)[C@H](NC(=O)[C@H](CCCN=C(N)N)NC(=O)[C@H](CCCCN)NC(=O)[C@H](CCCCN)NC(=O)[C@H](CCCN=C(N)N)NC(=O)[C@H](CCCN=C(N)N)NC(=O)[C@H](CCCN=C(N)N)NC(=O)[C@H](CCC(=O)O)NC(=O)[C@H](CCCN=C(N)N)NC(=O)[C@H](C)NC(=O)[C@@H](N)[C@@H](C)O)C(=O)O. The molecule has 12 atom stereocenters. The van der Waals surface area contributed by atoms with Crippen LogP contribution < -0.4 is 128 Å². The van der Waals surface area contributed by atoms with Crippen LogP contribution in [0.25, 0.3) is 0 Å². The Hall–Kier alpha value is -10.2. The van der Waals surface area contributed by atoms with Gasteiger partial charge in [-0.05, 0) is 142 Å². The number of carboxylic acid groups (broad SMARTS) is 2. The van der Waals surface area contributed by atoms with E-state index in [1.165, 1.54) is 13.8 Å². The quantitative estimate of drug-likeness (QED) is 0.0153. The molecule has 0 aromatic carbocycles. The summed E-state index contributed by atoms with van der Waals surface area (Å²) in [7, 11) is 0. The Morgan fingerprint density at radius 1 is 0.324 bits per heavy atom. The molecule has 43 heteroatoms. The molecule has 0 heterocycles. The van der Waals surface area contributed by atoms with Crippen molar-refractivity contribution in [1.82, 2.24) is 53.2 Å². The summed E-state index contributed by atoms with van der Waals surface area (Å²) in [5.74, 6) is -14.5. The monoisotopic (exact) mass is 1450 g/mol. The zero-order chi connectivity index (χ0) is 77.6. The minimum Gasteiger partial charge on any atom is -0.481 e. The fraction of sp³-hybridized carbons (Fsp3) is 0.712. The summed E-state index contributed by atoms with van der Waals surface area (Å²) in [4.78, 5) is 185. The average Bonchev–Trinajstić information content (AvgIpc) is 0.860. The van der Waals surface area contributed by atoms with Crippen LogP contribution in [0, 0.1) is 5.92 Å². The maximum atomic E-state index is 14.8. The molecule has 0 fully saturated rings. The molecule has 43 nitrogen and oxygen atoms in total. The molecular weight excluding hydrogens is 1340 g/mol. The maximum Gasteiger partial charge on any atom is 0.326 e. The molecule has 39 N–H and O–H groups in total. The molecule has 0 aromatic heterocycles. The van der Waals surface area contributed by atoms with Crippen molar-refractivity contribution in [3.8, 4) is 0 Å². The number of carboxylic acids is 2. The van der Waals surface area contributed by atoms with Crippen molar-refractivity contribution >= 4 is 101 Å². The summed E-state index contributed by atoms with van der Waals surface area (Å²) in [6.07, 6.45) is -2.40. The van der Waals surface area contributed by atoms with E-state index in [1.54, 1.807) is 13.8 Å². The number of carbonyl (C=O) groups is 12. The third-order valence-electron chi connectivity index (χ3n) is 15.1. The van der Waals surface area contributed by atoms with Crippen molar-refractivity contribution in [2.75, 3.05) is 45.8 Å². The van der Waals surface area contributed by atoms with E-state index < -0.39 is 162 Å². The normalized spacial score (nSPS) is 14.4. The van der Waals surface area contributed by atoms with Crippen LogP contribution in [0.2, 0.25) is 0 Å². The average molecular weight is 1460 g/mol. The molecule has 0 unspecified atom stereocenters. The smallest absolute Gasteiger partial charge is 0.326 e. The van der Waals surface area contributed by atoms with E-state index >= 15 is 0 Å². The Bertz CT molecular complexity index is 2840. The van der Waals surface area contributed by atoms with Crippen LogP contribution in [0.1, 0.15) is 143 Å². The third-order valence-corrected chi connectivity index (χ3v) is 15.1. The second kappa shape index (κ2) is 51.0. The van der Waals surface area contributed by atoms with E-state index in [0.717, 1.165) is 0 Å². The molecular formula is C59H114N28O15. The summed E-state index contributed by atoms with van der Waals surface area (Å²) in [6.45, 7) is 5.69. The van der Waals surface area contributed by atoms with Crippen LogP contribution in [-0.4, -0.2) is 235 Å². The number of guanidine groups is 5. The highest BCUT2D eigenvalue weighted by atomic mass is 16.4. The van der Waals surface area contributed by atoms with Gasteiger partial charge in [-0.25, -0.2) is 4.79 Å². The summed E-state index contributed by atoms with van der Waals surface area (Å²) < 4.78 is 0. The number of nitrogens with one attached hydrogen (secondary N) is 10. The Balaban J connectivity index is 7.70. The predicted molar refractivity (Wildman–Crippen MR) is 379 cm³/mol. The number of nitrogens with zero attached hydrogens (tertiary/aromatic N) is 5. The van der Waals surface area contributed by atoms with Crippen molar-refractivity contribution in [1.29, 1.82) is 0 Å². The Morgan fingerprint density at radius 3 is 0.775 bits per heavy atom. The molecule has 10 amide bonds. The van der Waals surface area contributed by atoms with Gasteiger partial charge in [0, 0.05) is 39.1 Å². The topological polar surface area (TPSA) is 786 Å². The molecule has 0 bridgehead atoms. The van der Waals surface area contributed by atoms with Crippen molar-refractivity contribution in [2.24, 2.45) is 105 Å². The largest absolute Gasteiger partial charge is 0.481 e. The standard InChI is InChI=1S/C59H114N28O15/c1-30(2)43(54(101)102)87-52(99)39(20-13-29-77-59(71)72)85-46(93)34(15-6-8-24-61)80-45(92)33(14-5-7-23-60)81-48(95)36(17-10-26-74-56(65)66)82-49(96)37(18-11-27-75-57(67)68)83-50(97)38(19-12-28-76-58(69)70)84-51(98)40(21-22-41(89)90)86-47(94)35(16-9-25-73-55(63)64)79-44(91)31(3)78-53(100)42(62)32(4)88/h30-40,42-43,88H,5-29,60-62H2,1-4H3,(H,78,100)(H,79,91)(H,80,92)(H,81,95)(H,82,96)(H,83,97)(H,84,98)(H,85,93)(H,86,94)(H,87,99)(H,89,90)(H,101,102)(H4,63,64,73)(H4,65,66,74)(H4,67,68,75)(H4,69,70,76)(H4,71,72,77)/t31-,32+,33-,34-,35-,36-,37-,38-,39-,40-,42-,43-/m0/s1. The lowest BCUT2D eigenvalue weighted by Crippen LogP contribution is -2.60. The number of amides is 10. The Morgan fingerprint density at radius 2 is 0.559 bits per heavy atom. The van der Waals surface area contributed by atoms with E-state index in [9.17, 15) is 72.9 Å². The number of nitrogens with two attached hydrogens (primary N) is 13. The third kappa shape index (κ3) is 40.8. The number of rotatable bonds is 54. The van der Waals surface area contributed by atoms with Crippen LogP contribution in [-0.2, 0) is 57.5 Å². The lowest BCUT2D eigenvalue weighted by atomic mass is 10.0. The van der Waals surface area contributed by atoms with Crippen LogP contribution >= 0.6 is 0 Å². The zero-order valence-electron chi connectivity index (χ0n) is 58.7. The minimum absolute atomic E-state index is 0.0137. The van der Waals surface area contributed by atoms with Crippen LogP contribution in [0.3, 0.4) is 0 Å². The Kier molecular flexibility index (Phi) is 46.0. The van der Waals surface area contributed by atoms with Gasteiger partial charge in [-0.15, -0.1) is 0 Å². The number of aliphatic carboxylic acids is 2. The molecule has 0 aliphatic heterocycles. The molecule has 580 valence electrons. The van der Waals surface area contributed by atoms with Gasteiger partial charge < -0.3 is 143 Å². The van der Waals surface area contributed by atoms with Crippen molar-refractivity contribution in [2.45, 2.75) is 216 Å². The van der Waals surface area contributed by atoms with E-state index in [1.807, 2.05) is 0 Å². The van der Waals surface area contributed by atoms with Crippen molar-refractivity contribution < 1.29 is 72.9 Å². The molecule has 0 aliphatic rings. The molecule has 0 aliphatic carbocycles. The molecule has 0 saturated carbocycles. The maximum absolute atomic E-state index is 14.8. The number of unbranched alkanes of at least 4 members (excludes halogenated alkanes) is 2. The molecule has 0 aromatic rings. The molecule has 0 radical (unpaired) electrons. The number of aliphatic imine (C=N–C) groups is 5. The number of hydrogen-bond acceptors (Lipinski definition) is 21. The summed E-state index contributed by atoms with van der Waals surface area (Å²) in [5.41, 5.74) is 72.7. The first-order valence-electron chi connectivity index (χ1n) is 33.5. The van der Waals surface area contributed by atoms with E-state index in [4.69, 9.17) is 74.5 Å². The lowest BCUT2D eigenvalue weighted by Gasteiger charge is -2.28. The van der Waals surface area contributed by atoms with Crippen LogP contribution in [0.5, 0.6) is 0 Å². The fourth-order valence-electron chi connectivity index (χ4n) is 9.49. The van der Waals surface area contributed by atoms with E-state index in [0.29, 0.717) is 12.8 Å². The minimum atomic E-state index is -1.76. The van der Waals surface area contributed by atoms with Gasteiger partial charge >= 0.3 is 11.9 Å². The number of aliphatic hydroxyl groups is 1. The highest BCUT2D eigenvalue weighted by Gasteiger charge is 2.37. The van der Waals surface area contributed by atoms with Crippen molar-refractivity contribution in [3.63, 3.8) is 0 Å². The van der Waals surface area contributed by atoms with Crippen LogP contribution in [0.4, 0.5) is 0 Å². The highest BCUT2D eigenvalue weighted by molar-refractivity contribution is 5.99. The highest BCUT2D eigenvalue weighted by Crippen LogP contribution is 2.13. The van der Waals surface area contributed by atoms with Gasteiger partial charge in [0.1, 0.15) is 66.5 Å².